The number of carbonyl (C=O) groups is 1. The van der Waals surface area contributed by atoms with Crippen LogP contribution >= 0.6 is 0 Å². The van der Waals surface area contributed by atoms with Crippen molar-refractivity contribution in [3.8, 4) is 5.75 Å². The molecule has 2 aromatic carbocycles. The first kappa shape index (κ1) is 22.5. The van der Waals surface area contributed by atoms with Crippen molar-refractivity contribution >= 4 is 16.9 Å². The van der Waals surface area contributed by atoms with Crippen LogP contribution in [0.15, 0.2) is 73.1 Å². The lowest BCUT2D eigenvalue weighted by Crippen LogP contribution is -2.25. The third-order valence-electron chi connectivity index (χ3n) is 5.65. The number of hydrogen-bond donors (Lipinski definition) is 1. The highest BCUT2D eigenvalue weighted by Crippen LogP contribution is 2.26. The summed E-state index contributed by atoms with van der Waals surface area (Å²) in [5.41, 5.74) is 3.93. The maximum atomic E-state index is 12.2. The minimum absolute atomic E-state index is 0.0804. The Hall–Kier alpha value is -3.67. The summed E-state index contributed by atoms with van der Waals surface area (Å²) in [6.45, 7) is 6.22. The molecular weight excluding hydrogens is 412 g/mol. The molecule has 2 heterocycles. The first-order chi connectivity index (χ1) is 16.1. The van der Waals surface area contributed by atoms with Crippen LogP contribution in [0.2, 0.25) is 0 Å². The van der Waals surface area contributed by atoms with E-state index in [4.69, 9.17) is 9.72 Å². The lowest BCUT2D eigenvalue weighted by molar-refractivity contribution is 0.0953. The molecule has 0 fully saturated rings. The summed E-state index contributed by atoms with van der Waals surface area (Å²) in [5, 5.41) is 2.98. The number of benzene rings is 2. The summed E-state index contributed by atoms with van der Waals surface area (Å²) in [6, 6.07) is 19.8. The smallest absolute Gasteiger partial charge is 0.251 e. The average molecular weight is 443 g/mol. The van der Waals surface area contributed by atoms with Crippen molar-refractivity contribution in [3.63, 3.8) is 0 Å². The van der Waals surface area contributed by atoms with Crippen LogP contribution in [0.25, 0.3) is 11.0 Å². The Morgan fingerprint density at radius 1 is 1.03 bits per heavy atom. The maximum absolute atomic E-state index is 12.2. The second-order valence-corrected chi connectivity index (χ2v) is 8.30. The van der Waals surface area contributed by atoms with E-state index in [-0.39, 0.29) is 5.91 Å². The fourth-order valence-electron chi connectivity index (χ4n) is 3.96. The van der Waals surface area contributed by atoms with E-state index < -0.39 is 0 Å². The van der Waals surface area contributed by atoms with Crippen molar-refractivity contribution in [2.45, 2.75) is 39.2 Å². The lowest BCUT2D eigenvalue weighted by atomic mass is 10.0. The van der Waals surface area contributed by atoms with Crippen molar-refractivity contribution in [1.82, 2.24) is 19.9 Å². The van der Waals surface area contributed by atoms with E-state index in [2.05, 4.69) is 46.9 Å². The fraction of sp³-hybridized carbons (Fsp3) is 0.296. The molecule has 6 nitrogen and oxygen atoms in total. The van der Waals surface area contributed by atoms with Crippen molar-refractivity contribution in [3.05, 3.63) is 90.0 Å². The molecule has 170 valence electrons. The third-order valence-corrected chi connectivity index (χ3v) is 5.65. The number of hydrogen-bond acceptors (Lipinski definition) is 4. The molecule has 0 radical (unpaired) electrons. The third kappa shape index (κ3) is 5.58. The second kappa shape index (κ2) is 10.8. The molecule has 1 N–H and O–H groups in total. The van der Waals surface area contributed by atoms with Gasteiger partial charge in [0.15, 0.2) is 0 Å². The quantitative estimate of drug-likeness (QED) is 0.351. The number of ether oxygens (including phenoxy) is 1. The maximum Gasteiger partial charge on any atom is 0.251 e. The van der Waals surface area contributed by atoms with Crippen LogP contribution in [0.5, 0.6) is 5.75 Å². The zero-order chi connectivity index (χ0) is 23.0. The summed E-state index contributed by atoms with van der Waals surface area (Å²) in [5.74, 6) is 2.28. The highest BCUT2D eigenvalue weighted by Gasteiger charge is 2.12. The number of amides is 1. The molecule has 0 saturated heterocycles. The zero-order valence-electron chi connectivity index (χ0n) is 19.2. The molecule has 0 unspecified atom stereocenters. The largest absolute Gasteiger partial charge is 0.491 e. The molecule has 0 aliphatic rings. The van der Waals surface area contributed by atoms with Crippen molar-refractivity contribution < 1.29 is 9.53 Å². The average Bonchev–Trinajstić information content (AvgIpc) is 3.20. The molecule has 0 aliphatic carbocycles. The Morgan fingerprint density at radius 3 is 2.61 bits per heavy atom. The van der Waals surface area contributed by atoms with Crippen LogP contribution in [0.3, 0.4) is 0 Å². The number of pyridine rings is 1. The van der Waals surface area contributed by atoms with Gasteiger partial charge in [0.1, 0.15) is 18.2 Å². The van der Waals surface area contributed by atoms with E-state index in [1.54, 1.807) is 24.5 Å². The van der Waals surface area contributed by atoms with Gasteiger partial charge >= 0.3 is 0 Å². The van der Waals surface area contributed by atoms with Crippen LogP contribution in [0.4, 0.5) is 0 Å². The topological polar surface area (TPSA) is 69.0 Å². The van der Waals surface area contributed by atoms with Gasteiger partial charge in [-0.05, 0) is 48.2 Å². The highest BCUT2D eigenvalue weighted by atomic mass is 16.5. The summed E-state index contributed by atoms with van der Waals surface area (Å²) < 4.78 is 8.41. The number of carbonyl (C=O) groups excluding carboxylic acids is 1. The predicted octanol–water partition coefficient (Wildman–Crippen LogP) is 5.00. The van der Waals surface area contributed by atoms with E-state index in [0.717, 1.165) is 35.4 Å². The van der Waals surface area contributed by atoms with Gasteiger partial charge in [0.05, 0.1) is 17.6 Å². The minimum Gasteiger partial charge on any atom is -0.491 e. The van der Waals surface area contributed by atoms with Gasteiger partial charge in [0.25, 0.3) is 5.91 Å². The van der Waals surface area contributed by atoms with Crippen molar-refractivity contribution in [2.24, 2.45) is 0 Å². The lowest BCUT2D eigenvalue weighted by Gasteiger charge is -2.15. The number of aromatic nitrogens is 3. The number of nitrogens with one attached hydrogen (secondary N) is 1. The Morgan fingerprint density at radius 2 is 1.79 bits per heavy atom. The number of aryl methyl sites for hydroxylation is 1. The van der Waals surface area contributed by atoms with Crippen LogP contribution < -0.4 is 10.1 Å². The number of para-hydroxylation sites is 3. The van der Waals surface area contributed by atoms with Crippen LogP contribution in [0, 0.1) is 0 Å². The van der Waals surface area contributed by atoms with Crippen LogP contribution in [0.1, 0.15) is 47.9 Å². The molecule has 4 aromatic rings. The van der Waals surface area contributed by atoms with E-state index in [1.807, 2.05) is 30.3 Å². The Kier molecular flexibility index (Phi) is 7.35. The second-order valence-electron chi connectivity index (χ2n) is 8.30. The molecule has 33 heavy (non-hydrogen) atoms. The first-order valence-electron chi connectivity index (χ1n) is 11.5. The predicted molar refractivity (Wildman–Crippen MR) is 131 cm³/mol. The molecule has 0 atom stereocenters. The van der Waals surface area contributed by atoms with Gasteiger partial charge in [0, 0.05) is 30.9 Å². The van der Waals surface area contributed by atoms with Gasteiger partial charge in [-0.3, -0.25) is 9.78 Å². The van der Waals surface area contributed by atoms with Crippen molar-refractivity contribution in [2.75, 3.05) is 13.2 Å². The molecule has 0 spiro atoms. The molecule has 1 amide bonds. The van der Waals surface area contributed by atoms with Gasteiger partial charge < -0.3 is 14.6 Å². The SMILES string of the molecule is CC(C)c1ccccc1OCCn1c(CCCNC(=O)c2ccncc2)nc2ccccc21. The van der Waals surface area contributed by atoms with Gasteiger partial charge in [-0.15, -0.1) is 0 Å². The monoisotopic (exact) mass is 442 g/mol. The van der Waals surface area contributed by atoms with Gasteiger partial charge in [-0.25, -0.2) is 4.98 Å². The van der Waals surface area contributed by atoms with E-state index in [9.17, 15) is 4.79 Å². The summed E-state index contributed by atoms with van der Waals surface area (Å²) in [7, 11) is 0. The molecular formula is C27H30N4O2. The molecule has 0 saturated carbocycles. The number of nitrogens with zero attached hydrogens (tertiary/aromatic N) is 3. The van der Waals surface area contributed by atoms with Crippen LogP contribution in [-0.2, 0) is 13.0 Å². The molecule has 0 aliphatic heterocycles. The molecule has 2 aromatic heterocycles. The van der Waals surface area contributed by atoms with E-state index in [1.165, 1.54) is 5.56 Å². The van der Waals surface area contributed by atoms with Crippen LogP contribution in [-0.4, -0.2) is 33.6 Å². The summed E-state index contributed by atoms with van der Waals surface area (Å²) >= 11 is 0. The summed E-state index contributed by atoms with van der Waals surface area (Å²) in [4.78, 5) is 21.0. The van der Waals surface area contributed by atoms with E-state index >= 15 is 0 Å². The highest BCUT2D eigenvalue weighted by molar-refractivity contribution is 5.93. The van der Waals surface area contributed by atoms with Gasteiger partial charge in [-0.2, -0.15) is 0 Å². The molecule has 6 heteroatoms. The molecule has 0 bridgehead atoms. The standard InChI is InChI=1S/C27H30N4O2/c1-20(2)22-8-3-6-11-25(22)33-19-18-31-24-10-5-4-9-23(24)30-26(31)12-7-15-29-27(32)21-13-16-28-17-14-21/h3-6,8-11,13-14,16-17,20H,7,12,15,18-19H2,1-2H3,(H,29,32). The van der Waals surface area contributed by atoms with Gasteiger partial charge in [0.2, 0.25) is 0 Å². The summed E-state index contributed by atoms with van der Waals surface area (Å²) in [6.07, 6.45) is 4.82. The number of fused-ring (bicyclic) bond motifs is 1. The normalized spacial score (nSPS) is 11.1. The van der Waals surface area contributed by atoms with Gasteiger partial charge in [-0.1, -0.05) is 44.2 Å². The first-order valence-corrected chi connectivity index (χ1v) is 11.5. The fourth-order valence-corrected chi connectivity index (χ4v) is 3.96. The molecule has 4 rings (SSSR count). The Balaban J connectivity index is 1.39. The van der Waals surface area contributed by atoms with E-state index in [0.29, 0.717) is 31.2 Å². The van der Waals surface area contributed by atoms with Crippen molar-refractivity contribution in [1.29, 1.82) is 0 Å². The minimum atomic E-state index is -0.0804. The number of rotatable bonds is 10. The Labute approximate surface area is 194 Å². The number of imidazole rings is 1. The zero-order valence-corrected chi connectivity index (χ0v) is 19.2. The Bertz CT molecular complexity index is 1200.